The van der Waals surface area contributed by atoms with E-state index in [9.17, 15) is 4.79 Å². The zero-order valence-electron chi connectivity index (χ0n) is 14.5. The molecule has 3 aromatic rings. The summed E-state index contributed by atoms with van der Waals surface area (Å²) in [5.74, 6) is 0.0952. The monoisotopic (exact) mass is 321 g/mol. The van der Waals surface area contributed by atoms with Crippen molar-refractivity contribution in [1.29, 1.82) is 0 Å². The third kappa shape index (κ3) is 3.51. The van der Waals surface area contributed by atoms with Gasteiger partial charge in [0, 0.05) is 24.5 Å². The molecule has 0 unspecified atom stereocenters. The van der Waals surface area contributed by atoms with Gasteiger partial charge in [0.25, 0.3) is 0 Å². The van der Waals surface area contributed by atoms with Gasteiger partial charge in [0.1, 0.15) is 5.58 Å². The van der Waals surface area contributed by atoms with Crippen molar-refractivity contribution in [2.24, 2.45) is 0 Å². The lowest BCUT2D eigenvalue weighted by Crippen LogP contribution is -2.27. The number of nitrogens with zero attached hydrogens (tertiary/aromatic N) is 1. The summed E-state index contributed by atoms with van der Waals surface area (Å²) in [6.45, 7) is 4.80. The van der Waals surface area contributed by atoms with E-state index in [1.54, 1.807) is 11.2 Å². The predicted molar refractivity (Wildman–Crippen MR) is 96.9 cm³/mol. The highest BCUT2D eigenvalue weighted by Crippen LogP contribution is 2.23. The van der Waals surface area contributed by atoms with Crippen molar-refractivity contribution in [3.05, 3.63) is 71.0 Å². The maximum atomic E-state index is 12.5. The molecule has 2 aromatic carbocycles. The minimum atomic E-state index is 0.0952. The third-order valence-electron chi connectivity index (χ3n) is 4.44. The van der Waals surface area contributed by atoms with Gasteiger partial charge in [0.15, 0.2) is 0 Å². The van der Waals surface area contributed by atoms with E-state index in [1.165, 1.54) is 11.1 Å². The Hall–Kier alpha value is -2.55. The molecule has 1 amide bonds. The molecule has 0 saturated heterocycles. The third-order valence-corrected chi connectivity index (χ3v) is 4.44. The fraction of sp³-hybridized carbons (Fsp3) is 0.286. The Morgan fingerprint density at radius 2 is 1.79 bits per heavy atom. The number of benzene rings is 2. The van der Waals surface area contributed by atoms with E-state index >= 15 is 0 Å². The number of likely N-dealkylation sites (N-methyl/N-ethyl adjacent to an activating group) is 1. The SMILES string of the molecule is CCc1ccc2c(CC(=O)N(C)Cc3ccc(C)cc3)coc2c1. The van der Waals surface area contributed by atoms with Crippen LogP contribution in [-0.2, 0) is 24.2 Å². The van der Waals surface area contributed by atoms with Crippen molar-refractivity contribution in [2.75, 3.05) is 7.05 Å². The standard InChI is InChI=1S/C21H23NO2/c1-4-16-9-10-19-18(14-24-20(19)11-16)12-21(23)22(3)13-17-7-5-15(2)6-8-17/h5-11,14H,4,12-13H2,1-3H3. The number of hydrogen-bond donors (Lipinski definition) is 0. The number of carbonyl (C=O) groups is 1. The number of fused-ring (bicyclic) bond motifs is 1. The van der Waals surface area contributed by atoms with Crippen molar-refractivity contribution < 1.29 is 9.21 Å². The normalized spacial score (nSPS) is 11.0. The largest absolute Gasteiger partial charge is 0.464 e. The van der Waals surface area contributed by atoms with Crippen molar-refractivity contribution in [1.82, 2.24) is 4.90 Å². The number of hydrogen-bond acceptors (Lipinski definition) is 2. The molecule has 0 atom stereocenters. The van der Waals surface area contributed by atoms with Crippen molar-refractivity contribution in [3.8, 4) is 0 Å². The summed E-state index contributed by atoms with van der Waals surface area (Å²) in [6.07, 6.45) is 3.05. The van der Waals surface area contributed by atoms with Gasteiger partial charge in [0.05, 0.1) is 12.7 Å². The fourth-order valence-electron chi connectivity index (χ4n) is 2.84. The van der Waals surface area contributed by atoms with Gasteiger partial charge in [-0.25, -0.2) is 0 Å². The number of amides is 1. The summed E-state index contributed by atoms with van der Waals surface area (Å²) in [5.41, 5.74) is 5.42. The average Bonchev–Trinajstić information content (AvgIpc) is 2.98. The van der Waals surface area contributed by atoms with Crippen LogP contribution in [0.2, 0.25) is 0 Å². The molecule has 0 aliphatic rings. The summed E-state index contributed by atoms with van der Waals surface area (Å²) in [7, 11) is 1.85. The Labute approximate surface area is 142 Å². The van der Waals surface area contributed by atoms with E-state index in [2.05, 4.69) is 56.3 Å². The van der Waals surface area contributed by atoms with E-state index in [1.807, 2.05) is 7.05 Å². The highest BCUT2D eigenvalue weighted by Gasteiger charge is 2.14. The zero-order valence-corrected chi connectivity index (χ0v) is 14.5. The van der Waals surface area contributed by atoms with E-state index in [0.717, 1.165) is 28.5 Å². The quantitative estimate of drug-likeness (QED) is 0.693. The predicted octanol–water partition coefficient (Wildman–Crippen LogP) is 4.50. The first-order valence-corrected chi connectivity index (χ1v) is 8.35. The van der Waals surface area contributed by atoms with Crippen molar-refractivity contribution in [2.45, 2.75) is 33.2 Å². The summed E-state index contributed by atoms with van der Waals surface area (Å²) in [5, 5.41) is 1.03. The van der Waals surface area contributed by atoms with Crippen LogP contribution >= 0.6 is 0 Å². The summed E-state index contributed by atoms with van der Waals surface area (Å²) >= 11 is 0. The van der Waals surface area contributed by atoms with Crippen LogP contribution in [0, 0.1) is 6.92 Å². The van der Waals surface area contributed by atoms with Crippen LogP contribution in [0.4, 0.5) is 0 Å². The Morgan fingerprint density at radius 3 is 2.50 bits per heavy atom. The van der Waals surface area contributed by atoms with Crippen LogP contribution < -0.4 is 0 Å². The molecule has 0 aliphatic heterocycles. The Morgan fingerprint density at radius 1 is 1.08 bits per heavy atom. The van der Waals surface area contributed by atoms with Gasteiger partial charge in [-0.15, -0.1) is 0 Å². The van der Waals surface area contributed by atoms with Crippen LogP contribution in [0.15, 0.2) is 53.1 Å². The van der Waals surface area contributed by atoms with Gasteiger partial charge in [0.2, 0.25) is 5.91 Å². The van der Waals surface area contributed by atoms with Crippen LogP contribution in [0.1, 0.15) is 29.2 Å². The Bertz CT molecular complexity index is 846. The van der Waals surface area contributed by atoms with Gasteiger partial charge < -0.3 is 9.32 Å². The summed E-state index contributed by atoms with van der Waals surface area (Å²) in [4.78, 5) is 14.3. The first kappa shape index (κ1) is 16.3. The van der Waals surface area contributed by atoms with Gasteiger partial charge in [-0.05, 0) is 30.5 Å². The second-order valence-electron chi connectivity index (χ2n) is 6.36. The second-order valence-corrected chi connectivity index (χ2v) is 6.36. The Kier molecular flexibility index (Phi) is 4.70. The zero-order chi connectivity index (χ0) is 17.1. The van der Waals surface area contributed by atoms with Gasteiger partial charge in [-0.3, -0.25) is 4.79 Å². The van der Waals surface area contributed by atoms with Crippen molar-refractivity contribution in [3.63, 3.8) is 0 Å². The molecule has 0 aliphatic carbocycles. The molecule has 0 bridgehead atoms. The van der Waals surface area contributed by atoms with Crippen LogP contribution in [0.25, 0.3) is 11.0 Å². The molecule has 24 heavy (non-hydrogen) atoms. The molecule has 3 heteroatoms. The molecule has 0 saturated carbocycles. The summed E-state index contributed by atoms with van der Waals surface area (Å²) < 4.78 is 5.63. The molecular formula is C21H23NO2. The maximum Gasteiger partial charge on any atom is 0.227 e. The lowest BCUT2D eigenvalue weighted by Gasteiger charge is -2.17. The van der Waals surface area contributed by atoms with E-state index in [0.29, 0.717) is 13.0 Å². The van der Waals surface area contributed by atoms with Crippen LogP contribution in [-0.4, -0.2) is 17.9 Å². The van der Waals surface area contributed by atoms with E-state index in [4.69, 9.17) is 4.42 Å². The molecule has 124 valence electrons. The van der Waals surface area contributed by atoms with E-state index < -0.39 is 0 Å². The lowest BCUT2D eigenvalue weighted by molar-refractivity contribution is -0.129. The number of furan rings is 1. The number of rotatable bonds is 5. The molecule has 0 spiro atoms. The highest BCUT2D eigenvalue weighted by molar-refractivity contribution is 5.87. The minimum Gasteiger partial charge on any atom is -0.464 e. The molecule has 0 fully saturated rings. The maximum absolute atomic E-state index is 12.5. The summed E-state index contributed by atoms with van der Waals surface area (Å²) in [6, 6.07) is 14.5. The van der Waals surface area contributed by atoms with Crippen LogP contribution in [0.5, 0.6) is 0 Å². The first-order chi connectivity index (χ1) is 11.6. The Balaban J connectivity index is 1.71. The molecule has 3 rings (SSSR count). The van der Waals surface area contributed by atoms with Gasteiger partial charge >= 0.3 is 0 Å². The van der Waals surface area contributed by atoms with Gasteiger partial charge in [-0.1, -0.05) is 48.9 Å². The molecule has 1 heterocycles. The second kappa shape index (κ2) is 6.91. The number of aryl methyl sites for hydroxylation is 2. The molecule has 3 nitrogen and oxygen atoms in total. The van der Waals surface area contributed by atoms with Crippen molar-refractivity contribution >= 4 is 16.9 Å². The topological polar surface area (TPSA) is 33.5 Å². The highest BCUT2D eigenvalue weighted by atomic mass is 16.3. The van der Waals surface area contributed by atoms with E-state index in [-0.39, 0.29) is 5.91 Å². The molecular weight excluding hydrogens is 298 g/mol. The molecule has 0 radical (unpaired) electrons. The first-order valence-electron chi connectivity index (χ1n) is 8.35. The fourth-order valence-corrected chi connectivity index (χ4v) is 2.84. The minimum absolute atomic E-state index is 0.0952. The smallest absolute Gasteiger partial charge is 0.227 e. The number of carbonyl (C=O) groups excluding carboxylic acids is 1. The van der Waals surface area contributed by atoms with Crippen LogP contribution in [0.3, 0.4) is 0 Å². The average molecular weight is 321 g/mol. The lowest BCUT2D eigenvalue weighted by atomic mass is 10.1. The van der Waals surface area contributed by atoms with Gasteiger partial charge in [-0.2, -0.15) is 0 Å². The molecule has 0 N–H and O–H groups in total. The molecule has 1 aromatic heterocycles.